The zero-order valence-corrected chi connectivity index (χ0v) is 23.4. The van der Waals surface area contributed by atoms with Gasteiger partial charge in [0.05, 0.1) is 18.6 Å². The van der Waals surface area contributed by atoms with E-state index < -0.39 is 12.1 Å². The van der Waals surface area contributed by atoms with Gasteiger partial charge in [-0.1, -0.05) is 44.2 Å². The van der Waals surface area contributed by atoms with Crippen molar-refractivity contribution in [2.45, 2.75) is 45.4 Å². The number of nitrogens with zero attached hydrogens (tertiary/aromatic N) is 2. The maximum atomic E-state index is 14.0. The van der Waals surface area contributed by atoms with Crippen LogP contribution >= 0.6 is 0 Å². The van der Waals surface area contributed by atoms with E-state index in [9.17, 15) is 14.4 Å². The molecule has 2 N–H and O–H groups in total. The van der Waals surface area contributed by atoms with Crippen LogP contribution in [0.2, 0.25) is 0 Å². The van der Waals surface area contributed by atoms with E-state index in [0.29, 0.717) is 32.2 Å². The lowest BCUT2D eigenvalue weighted by Gasteiger charge is -2.51. The van der Waals surface area contributed by atoms with Gasteiger partial charge in [-0.2, -0.15) is 0 Å². The Morgan fingerprint density at radius 2 is 1.85 bits per heavy atom. The number of benzene rings is 1. The van der Waals surface area contributed by atoms with Crippen molar-refractivity contribution in [3.05, 3.63) is 35.9 Å². The Bertz CT molecular complexity index is 1100. The molecule has 7 rings (SSSR count). The Hall–Kier alpha value is -2.49. The van der Waals surface area contributed by atoms with Crippen molar-refractivity contribution in [1.82, 2.24) is 20.4 Å². The molecule has 3 amide bonds. The second kappa shape index (κ2) is 10.2. The molecule has 5 heterocycles. The van der Waals surface area contributed by atoms with E-state index in [1.54, 1.807) is 7.05 Å². The normalized spacial score (nSPS) is 33.7. The number of carbonyl (C=O) groups excluding carboxylic acids is 3. The van der Waals surface area contributed by atoms with Gasteiger partial charge >= 0.3 is 0 Å². The van der Waals surface area contributed by atoms with Gasteiger partial charge in [0.1, 0.15) is 6.04 Å². The fourth-order valence-corrected chi connectivity index (χ4v) is 7.90. The quantitative estimate of drug-likeness (QED) is 0.566. The Kier molecular flexibility index (Phi) is 6.96. The highest BCUT2D eigenvalue weighted by molar-refractivity contribution is 5.91. The van der Waals surface area contributed by atoms with Crippen molar-refractivity contribution in [3.63, 3.8) is 0 Å². The predicted molar refractivity (Wildman–Crippen MR) is 144 cm³/mol. The number of nitrogens with one attached hydrogen (secondary N) is 2. The summed E-state index contributed by atoms with van der Waals surface area (Å²) in [7, 11) is 1.59. The molecular formula is C30H42N4O5. The summed E-state index contributed by atoms with van der Waals surface area (Å²) in [6, 6.07) is 8.94. The van der Waals surface area contributed by atoms with Crippen LogP contribution in [0.5, 0.6) is 0 Å². The molecule has 2 bridgehead atoms. The highest BCUT2D eigenvalue weighted by Crippen LogP contribution is 2.63. The minimum Gasteiger partial charge on any atom is -0.381 e. The van der Waals surface area contributed by atoms with Crippen molar-refractivity contribution in [1.29, 1.82) is 0 Å². The summed E-state index contributed by atoms with van der Waals surface area (Å²) in [5.41, 5.74) is 0.388. The van der Waals surface area contributed by atoms with Crippen LogP contribution in [0.15, 0.2) is 30.3 Å². The first-order chi connectivity index (χ1) is 18.7. The first kappa shape index (κ1) is 26.7. The predicted octanol–water partition coefficient (Wildman–Crippen LogP) is 1.28. The van der Waals surface area contributed by atoms with Crippen LogP contribution in [0.4, 0.5) is 0 Å². The van der Waals surface area contributed by atoms with Gasteiger partial charge in [0.2, 0.25) is 17.7 Å². The van der Waals surface area contributed by atoms with Gasteiger partial charge in [-0.25, -0.2) is 0 Å². The lowest BCUT2D eigenvalue weighted by molar-refractivity contribution is -0.151. The van der Waals surface area contributed by atoms with Gasteiger partial charge in [0.25, 0.3) is 0 Å². The number of hydrogen-bond acceptors (Lipinski definition) is 6. The Labute approximate surface area is 230 Å². The molecule has 5 aliphatic heterocycles. The van der Waals surface area contributed by atoms with Crippen molar-refractivity contribution in [2.75, 3.05) is 53.0 Å². The summed E-state index contributed by atoms with van der Waals surface area (Å²) in [4.78, 5) is 45.5. The number of carbonyl (C=O) groups is 3. The van der Waals surface area contributed by atoms with E-state index >= 15 is 0 Å². The number of likely N-dealkylation sites (N-methyl/N-ethyl adjacent to an activating group) is 1. The van der Waals surface area contributed by atoms with Gasteiger partial charge in [0, 0.05) is 70.2 Å². The Balaban J connectivity index is 1.29. The molecule has 1 aliphatic carbocycles. The van der Waals surface area contributed by atoms with Crippen LogP contribution < -0.4 is 10.6 Å². The fourth-order valence-electron chi connectivity index (χ4n) is 7.90. The molecule has 5 atom stereocenters. The fraction of sp³-hybridized carbons (Fsp3) is 0.700. The topological polar surface area (TPSA) is 100 Å². The van der Waals surface area contributed by atoms with E-state index in [1.165, 1.54) is 0 Å². The average Bonchev–Trinajstić information content (AvgIpc) is 3.28. The molecule has 212 valence electrons. The molecular weight excluding hydrogens is 496 g/mol. The highest BCUT2D eigenvalue weighted by atomic mass is 16.5. The molecule has 1 aromatic rings. The average molecular weight is 539 g/mol. The lowest BCUT2D eigenvalue weighted by Crippen LogP contribution is -2.65. The summed E-state index contributed by atoms with van der Waals surface area (Å²) in [5, 5.41) is 5.91. The molecule has 5 saturated heterocycles. The SMILES string of the molecule is CNC(=O)[C@H]1NC(=O)[C@H]2CN(CC3CCOCC3)CC23CN(C3)C(=O)[C@H]2C([C@H]1OCc1ccccc1)C2(C)C. The van der Waals surface area contributed by atoms with Gasteiger partial charge < -0.3 is 29.9 Å². The number of likely N-dealkylation sites (tertiary alicyclic amines) is 1. The summed E-state index contributed by atoms with van der Waals surface area (Å²) in [6.07, 6.45) is 1.47. The van der Waals surface area contributed by atoms with Crippen LogP contribution in [0.1, 0.15) is 32.3 Å². The second-order valence-electron chi connectivity index (χ2n) is 13.0. The standard InChI is InChI=1S/C30H42N4O5/c1-29(2)22-23(29)28(37)34-17-30(18-34)16-33(13-19-9-11-38-12-10-19)14-21(30)26(35)32-24(27(36)31-3)25(22)39-15-20-7-5-4-6-8-20/h4-8,19,21-25H,9-18H2,1-3H3,(H,31,36)(H,32,35)/t21-,22?,23-,24+,25-/m1/s1. The highest BCUT2D eigenvalue weighted by Gasteiger charge is 2.70. The van der Waals surface area contributed by atoms with Gasteiger partial charge in [0.15, 0.2) is 0 Å². The van der Waals surface area contributed by atoms with Gasteiger partial charge in [-0.15, -0.1) is 0 Å². The molecule has 0 aromatic heterocycles. The minimum absolute atomic E-state index is 0.101. The first-order valence-electron chi connectivity index (χ1n) is 14.5. The molecule has 39 heavy (non-hydrogen) atoms. The van der Waals surface area contributed by atoms with Crippen LogP contribution in [-0.2, 0) is 30.5 Å². The van der Waals surface area contributed by atoms with Crippen molar-refractivity contribution < 1.29 is 23.9 Å². The Morgan fingerprint density at radius 3 is 2.54 bits per heavy atom. The lowest BCUT2D eigenvalue weighted by atomic mass is 9.71. The summed E-state index contributed by atoms with van der Waals surface area (Å²) in [5.74, 6) is -0.367. The third-order valence-electron chi connectivity index (χ3n) is 10.2. The molecule has 6 fully saturated rings. The minimum atomic E-state index is -0.875. The summed E-state index contributed by atoms with van der Waals surface area (Å²) < 4.78 is 12.0. The van der Waals surface area contributed by atoms with Crippen LogP contribution in [-0.4, -0.2) is 92.7 Å². The molecule has 1 unspecified atom stereocenters. The van der Waals surface area contributed by atoms with E-state index in [4.69, 9.17) is 9.47 Å². The zero-order valence-electron chi connectivity index (χ0n) is 23.4. The first-order valence-corrected chi connectivity index (χ1v) is 14.5. The molecule has 1 spiro atoms. The molecule has 9 heteroatoms. The van der Waals surface area contributed by atoms with Crippen molar-refractivity contribution in [3.8, 4) is 0 Å². The summed E-state index contributed by atoms with van der Waals surface area (Å²) >= 11 is 0. The van der Waals surface area contributed by atoms with Crippen LogP contribution in [0.3, 0.4) is 0 Å². The third kappa shape index (κ3) is 4.76. The van der Waals surface area contributed by atoms with Gasteiger partial charge in [-0.05, 0) is 29.7 Å². The Morgan fingerprint density at radius 1 is 1.13 bits per heavy atom. The smallest absolute Gasteiger partial charge is 0.245 e. The zero-order chi connectivity index (χ0) is 27.4. The third-order valence-corrected chi connectivity index (χ3v) is 10.2. The van der Waals surface area contributed by atoms with Crippen LogP contribution in [0, 0.1) is 34.5 Å². The van der Waals surface area contributed by atoms with E-state index in [0.717, 1.165) is 44.7 Å². The van der Waals surface area contributed by atoms with E-state index in [2.05, 4.69) is 29.4 Å². The van der Waals surface area contributed by atoms with Crippen molar-refractivity contribution in [2.24, 2.45) is 34.5 Å². The molecule has 0 radical (unpaired) electrons. The molecule has 6 aliphatic rings. The monoisotopic (exact) mass is 538 g/mol. The maximum Gasteiger partial charge on any atom is 0.245 e. The van der Waals surface area contributed by atoms with Crippen molar-refractivity contribution >= 4 is 17.7 Å². The molecule has 1 aromatic carbocycles. The largest absolute Gasteiger partial charge is 0.381 e. The number of ether oxygens (including phenoxy) is 2. The van der Waals surface area contributed by atoms with Crippen LogP contribution in [0.25, 0.3) is 0 Å². The number of fused-ring (bicyclic) bond motifs is 3. The number of hydrogen-bond donors (Lipinski definition) is 2. The molecule has 9 nitrogen and oxygen atoms in total. The van der Waals surface area contributed by atoms with E-state index in [-0.39, 0.29) is 46.3 Å². The van der Waals surface area contributed by atoms with E-state index in [1.807, 2.05) is 35.2 Å². The maximum absolute atomic E-state index is 14.0. The number of rotatable bonds is 6. The summed E-state index contributed by atoms with van der Waals surface area (Å²) in [6.45, 7) is 9.68. The molecule has 1 saturated carbocycles. The van der Waals surface area contributed by atoms with Gasteiger partial charge in [-0.3, -0.25) is 14.4 Å². The number of amides is 3. The second-order valence-corrected chi connectivity index (χ2v) is 13.0.